The van der Waals surface area contributed by atoms with Gasteiger partial charge in [-0.05, 0) is 49.8 Å². The molecule has 0 saturated carbocycles. The van der Waals surface area contributed by atoms with E-state index in [1.165, 1.54) is 14.0 Å². The predicted octanol–water partition coefficient (Wildman–Crippen LogP) is 2.71. The zero-order chi connectivity index (χ0) is 16.3. The summed E-state index contributed by atoms with van der Waals surface area (Å²) in [5.74, 6) is -1.24. The van der Waals surface area contributed by atoms with E-state index in [4.69, 9.17) is 4.74 Å². The van der Waals surface area contributed by atoms with Gasteiger partial charge in [-0.15, -0.1) is 0 Å². The van der Waals surface area contributed by atoms with Crippen LogP contribution >= 0.6 is 0 Å². The first-order valence-corrected chi connectivity index (χ1v) is 8.76. The van der Waals surface area contributed by atoms with E-state index in [0.717, 1.165) is 29.3 Å². The topological polar surface area (TPSA) is 46.6 Å². The Labute approximate surface area is 130 Å². The fraction of sp³-hybridized carbons (Fsp3) is 0.600. The second kappa shape index (κ2) is 7.02. The molecule has 1 aromatic rings. The summed E-state index contributed by atoms with van der Waals surface area (Å²) in [6.07, 6.45) is 2.50. The van der Waals surface area contributed by atoms with E-state index in [0.29, 0.717) is 25.6 Å². The Morgan fingerprint density at radius 3 is 2.50 bits per heavy atom. The summed E-state index contributed by atoms with van der Waals surface area (Å²) < 4.78 is 58.6. The van der Waals surface area contributed by atoms with Crippen LogP contribution in [-0.2, 0) is 14.8 Å². The molecule has 1 fully saturated rings. The number of ether oxygens (including phenoxy) is 1. The minimum absolute atomic E-state index is 0.0845. The Bertz CT molecular complexity index is 628. The summed E-state index contributed by atoms with van der Waals surface area (Å²) >= 11 is 0. The van der Waals surface area contributed by atoms with Gasteiger partial charge >= 0.3 is 0 Å². The third-order valence-corrected chi connectivity index (χ3v) is 5.97. The van der Waals surface area contributed by atoms with E-state index >= 15 is 0 Å². The van der Waals surface area contributed by atoms with Gasteiger partial charge in [0.05, 0.1) is 0 Å². The summed E-state index contributed by atoms with van der Waals surface area (Å²) in [6, 6.07) is 1.67. The molecule has 0 atom stereocenters. The van der Waals surface area contributed by atoms with E-state index < -0.39 is 26.6 Å². The van der Waals surface area contributed by atoms with E-state index in [1.807, 2.05) is 0 Å². The average molecular weight is 333 g/mol. The van der Waals surface area contributed by atoms with Crippen LogP contribution in [0.1, 0.15) is 24.8 Å². The van der Waals surface area contributed by atoms with Crippen LogP contribution < -0.4 is 0 Å². The molecule has 0 spiro atoms. The summed E-state index contributed by atoms with van der Waals surface area (Å²) in [5, 5.41) is 0. The van der Waals surface area contributed by atoms with Gasteiger partial charge in [-0.25, -0.2) is 21.5 Å². The predicted molar refractivity (Wildman–Crippen MR) is 79.1 cm³/mol. The largest absolute Gasteiger partial charge is 0.381 e. The monoisotopic (exact) mass is 333 g/mol. The maximum atomic E-state index is 13.9. The van der Waals surface area contributed by atoms with Crippen LogP contribution in [0.25, 0.3) is 0 Å². The quantitative estimate of drug-likeness (QED) is 0.832. The maximum Gasteiger partial charge on any atom is 0.245 e. The van der Waals surface area contributed by atoms with Gasteiger partial charge < -0.3 is 4.74 Å². The third kappa shape index (κ3) is 3.83. The van der Waals surface area contributed by atoms with Crippen LogP contribution in [0.3, 0.4) is 0 Å². The maximum absolute atomic E-state index is 13.9. The van der Waals surface area contributed by atoms with E-state index in [-0.39, 0.29) is 12.1 Å². The molecule has 1 aliphatic heterocycles. The minimum Gasteiger partial charge on any atom is -0.381 e. The zero-order valence-electron chi connectivity index (χ0n) is 12.8. The lowest BCUT2D eigenvalue weighted by Crippen LogP contribution is -2.31. The summed E-state index contributed by atoms with van der Waals surface area (Å²) in [7, 11) is -2.63. The second-order valence-electron chi connectivity index (χ2n) is 5.70. The highest BCUT2D eigenvalue weighted by molar-refractivity contribution is 7.89. The van der Waals surface area contributed by atoms with Crippen LogP contribution in [0.2, 0.25) is 0 Å². The van der Waals surface area contributed by atoms with Gasteiger partial charge in [-0.3, -0.25) is 0 Å². The molecule has 0 aliphatic carbocycles. The molecule has 0 N–H and O–H groups in total. The van der Waals surface area contributed by atoms with Gasteiger partial charge in [-0.2, -0.15) is 0 Å². The van der Waals surface area contributed by atoms with E-state index in [2.05, 4.69) is 0 Å². The number of rotatable bonds is 5. The van der Waals surface area contributed by atoms with Crippen LogP contribution in [0.4, 0.5) is 8.78 Å². The molecule has 1 aliphatic rings. The van der Waals surface area contributed by atoms with Crippen LogP contribution in [0.15, 0.2) is 17.0 Å². The SMILES string of the molecule is Cc1cc(F)c(S(=O)(=O)N(C)CCC2CCOCC2)cc1F. The molecule has 2 rings (SSSR count). The van der Waals surface area contributed by atoms with Gasteiger partial charge in [0.15, 0.2) is 0 Å². The number of benzene rings is 1. The highest BCUT2D eigenvalue weighted by Gasteiger charge is 2.26. The summed E-state index contributed by atoms with van der Waals surface area (Å²) in [4.78, 5) is -0.606. The Morgan fingerprint density at radius 2 is 1.86 bits per heavy atom. The molecule has 0 aromatic heterocycles. The van der Waals surface area contributed by atoms with Crippen molar-refractivity contribution in [1.29, 1.82) is 0 Å². The first-order valence-electron chi connectivity index (χ1n) is 7.32. The van der Waals surface area contributed by atoms with Crippen molar-refractivity contribution in [1.82, 2.24) is 4.31 Å². The number of sulfonamides is 1. The molecular weight excluding hydrogens is 312 g/mol. The highest BCUT2D eigenvalue weighted by Crippen LogP contribution is 2.24. The number of nitrogens with zero attached hydrogens (tertiary/aromatic N) is 1. The third-order valence-electron chi connectivity index (χ3n) is 4.09. The standard InChI is InChI=1S/C15H21F2NO3S/c1-11-9-14(17)15(10-13(11)16)22(19,20)18(2)6-3-12-4-7-21-8-5-12/h9-10,12H,3-8H2,1-2H3. The molecule has 0 radical (unpaired) electrons. The van der Waals surface area contributed by atoms with Crippen LogP contribution in [0.5, 0.6) is 0 Å². The lowest BCUT2D eigenvalue weighted by atomic mass is 9.97. The van der Waals surface area contributed by atoms with E-state index in [9.17, 15) is 17.2 Å². The number of halogens is 2. The summed E-state index contributed by atoms with van der Waals surface area (Å²) in [5.41, 5.74) is 0.0845. The molecular formula is C15H21F2NO3S. The van der Waals surface area contributed by atoms with Crippen molar-refractivity contribution < 1.29 is 21.9 Å². The molecule has 124 valence electrons. The first-order chi connectivity index (χ1) is 10.3. The summed E-state index contributed by atoms with van der Waals surface area (Å²) in [6.45, 7) is 3.06. The Kier molecular flexibility index (Phi) is 5.52. The van der Waals surface area contributed by atoms with Gasteiger partial charge in [0, 0.05) is 26.8 Å². The van der Waals surface area contributed by atoms with Crippen molar-refractivity contribution in [3.8, 4) is 0 Å². The number of hydrogen-bond donors (Lipinski definition) is 0. The van der Waals surface area contributed by atoms with Crippen molar-refractivity contribution in [3.63, 3.8) is 0 Å². The Balaban J connectivity index is 2.10. The van der Waals surface area contributed by atoms with Crippen LogP contribution in [-0.4, -0.2) is 39.5 Å². The molecule has 1 saturated heterocycles. The molecule has 7 heteroatoms. The highest BCUT2D eigenvalue weighted by atomic mass is 32.2. The Hall–Kier alpha value is -1.05. The lowest BCUT2D eigenvalue weighted by molar-refractivity contribution is 0.0628. The molecule has 1 aromatic carbocycles. The average Bonchev–Trinajstić information content (AvgIpc) is 2.49. The van der Waals surface area contributed by atoms with Crippen molar-refractivity contribution in [2.45, 2.75) is 31.1 Å². The Morgan fingerprint density at radius 1 is 1.23 bits per heavy atom. The van der Waals surface area contributed by atoms with Gasteiger partial charge in [-0.1, -0.05) is 0 Å². The van der Waals surface area contributed by atoms with Crippen molar-refractivity contribution in [2.75, 3.05) is 26.8 Å². The minimum atomic E-state index is -4.02. The fourth-order valence-electron chi connectivity index (χ4n) is 2.51. The molecule has 0 amide bonds. The smallest absolute Gasteiger partial charge is 0.245 e. The van der Waals surface area contributed by atoms with Gasteiger partial charge in [0.2, 0.25) is 10.0 Å². The van der Waals surface area contributed by atoms with Crippen molar-refractivity contribution >= 4 is 10.0 Å². The van der Waals surface area contributed by atoms with Gasteiger partial charge in [0.25, 0.3) is 0 Å². The second-order valence-corrected chi connectivity index (χ2v) is 7.72. The molecule has 0 unspecified atom stereocenters. The van der Waals surface area contributed by atoms with Crippen LogP contribution in [0, 0.1) is 24.5 Å². The normalized spacial score (nSPS) is 17.1. The van der Waals surface area contributed by atoms with Gasteiger partial charge in [0.1, 0.15) is 16.5 Å². The molecule has 22 heavy (non-hydrogen) atoms. The molecule has 0 bridgehead atoms. The van der Waals surface area contributed by atoms with E-state index in [1.54, 1.807) is 0 Å². The number of hydrogen-bond acceptors (Lipinski definition) is 3. The molecule has 1 heterocycles. The lowest BCUT2D eigenvalue weighted by Gasteiger charge is -2.24. The fourth-order valence-corrected chi connectivity index (χ4v) is 3.75. The van der Waals surface area contributed by atoms with Crippen molar-refractivity contribution in [3.05, 3.63) is 29.3 Å². The first kappa shape index (κ1) is 17.3. The zero-order valence-corrected chi connectivity index (χ0v) is 13.6. The molecule has 4 nitrogen and oxygen atoms in total. The van der Waals surface area contributed by atoms with Crippen molar-refractivity contribution in [2.24, 2.45) is 5.92 Å². The number of aryl methyl sites for hydroxylation is 1.